The Kier molecular flexibility index (Phi) is 1.19. The fourth-order valence-electron chi connectivity index (χ4n) is 0.897. The smallest absolute Gasteiger partial charge is 0.162 e. The van der Waals surface area contributed by atoms with E-state index in [1.807, 2.05) is 12.1 Å². The Hall–Kier alpha value is -0.930. The van der Waals surface area contributed by atoms with Crippen molar-refractivity contribution in [2.24, 2.45) is 0 Å². The molecule has 2 aromatic rings. The summed E-state index contributed by atoms with van der Waals surface area (Å²) in [7, 11) is -0.932. The van der Waals surface area contributed by atoms with Crippen LogP contribution in [0.3, 0.4) is 0 Å². The van der Waals surface area contributed by atoms with Gasteiger partial charge in [-0.25, -0.2) is 0 Å². The highest BCUT2D eigenvalue weighted by atomic mass is 32.2. The molecular formula is C7H5NOS. The van der Waals surface area contributed by atoms with Crippen molar-refractivity contribution in [2.45, 2.75) is 0 Å². The van der Waals surface area contributed by atoms with Gasteiger partial charge in [0, 0.05) is 6.20 Å². The van der Waals surface area contributed by atoms with E-state index in [9.17, 15) is 4.55 Å². The molecule has 0 spiro atoms. The number of aromatic nitrogens is 1. The molecule has 1 unspecified atom stereocenters. The van der Waals surface area contributed by atoms with Gasteiger partial charge in [-0.2, -0.15) is 0 Å². The van der Waals surface area contributed by atoms with Gasteiger partial charge in [0.15, 0.2) is 5.38 Å². The molecule has 3 heteroatoms. The zero-order valence-electron chi connectivity index (χ0n) is 5.15. The van der Waals surface area contributed by atoms with Gasteiger partial charge in [0.1, 0.15) is 10.9 Å². The van der Waals surface area contributed by atoms with Gasteiger partial charge < -0.3 is 4.55 Å². The second-order valence-electron chi connectivity index (χ2n) is 2.04. The predicted octanol–water partition coefficient (Wildman–Crippen LogP) is 1.96. The quantitative estimate of drug-likeness (QED) is 0.539. The monoisotopic (exact) mass is 151 g/mol. The van der Waals surface area contributed by atoms with E-state index >= 15 is 0 Å². The van der Waals surface area contributed by atoms with Crippen molar-refractivity contribution in [3.63, 3.8) is 0 Å². The van der Waals surface area contributed by atoms with E-state index in [1.54, 1.807) is 17.0 Å². The lowest BCUT2D eigenvalue weighted by Gasteiger charge is -1.78. The molecule has 0 aliphatic carbocycles. The van der Waals surface area contributed by atoms with E-state index < -0.39 is 10.8 Å². The van der Waals surface area contributed by atoms with Crippen LogP contribution in [0.1, 0.15) is 0 Å². The molecule has 2 nitrogen and oxygen atoms in total. The Morgan fingerprint density at radius 2 is 2.30 bits per heavy atom. The SMILES string of the molecule is [O-][s+]1cc2cccnc2c1. The highest BCUT2D eigenvalue weighted by Gasteiger charge is 1.99. The fraction of sp³-hybridized carbons (Fsp3) is 0. The van der Waals surface area contributed by atoms with Gasteiger partial charge >= 0.3 is 0 Å². The third-order valence-electron chi connectivity index (χ3n) is 1.34. The molecule has 0 aromatic carbocycles. The topological polar surface area (TPSA) is 36.0 Å². The van der Waals surface area contributed by atoms with Crippen molar-refractivity contribution in [1.82, 2.24) is 4.98 Å². The lowest BCUT2D eigenvalue weighted by Crippen LogP contribution is -1.66. The number of hydrogen-bond donors (Lipinski definition) is 0. The van der Waals surface area contributed by atoms with E-state index in [-0.39, 0.29) is 0 Å². The molecule has 2 rings (SSSR count). The molecule has 0 aliphatic rings. The van der Waals surface area contributed by atoms with Crippen molar-refractivity contribution in [3.05, 3.63) is 29.1 Å². The Labute approximate surface area is 60.9 Å². The molecule has 0 saturated heterocycles. The summed E-state index contributed by atoms with van der Waals surface area (Å²) < 4.78 is 10.9. The highest BCUT2D eigenvalue weighted by Crippen LogP contribution is 2.22. The minimum atomic E-state index is -0.932. The summed E-state index contributed by atoms with van der Waals surface area (Å²) in [6, 6.07) is 3.75. The number of nitrogens with zero attached hydrogens (tertiary/aromatic N) is 1. The van der Waals surface area contributed by atoms with E-state index in [0.29, 0.717) is 0 Å². The molecule has 2 aromatic heterocycles. The van der Waals surface area contributed by atoms with E-state index in [4.69, 9.17) is 0 Å². The van der Waals surface area contributed by atoms with Crippen LogP contribution in [0.5, 0.6) is 0 Å². The van der Waals surface area contributed by atoms with Gasteiger partial charge in [0.25, 0.3) is 0 Å². The summed E-state index contributed by atoms with van der Waals surface area (Å²) in [5.41, 5.74) is 0.834. The van der Waals surface area contributed by atoms with Crippen LogP contribution in [0.4, 0.5) is 0 Å². The molecule has 10 heavy (non-hydrogen) atoms. The third-order valence-corrected chi connectivity index (χ3v) is 2.28. The number of pyridine rings is 1. The van der Waals surface area contributed by atoms with Gasteiger partial charge in [0.05, 0.1) is 5.39 Å². The Balaban J connectivity index is 2.88. The van der Waals surface area contributed by atoms with E-state index in [1.165, 1.54) is 0 Å². The minimum absolute atomic E-state index is 0.834. The van der Waals surface area contributed by atoms with Crippen molar-refractivity contribution < 1.29 is 4.55 Å². The van der Waals surface area contributed by atoms with Crippen LogP contribution in [-0.2, 0) is 0 Å². The normalized spacial score (nSPS) is 12.3. The summed E-state index contributed by atoms with van der Waals surface area (Å²) >= 11 is 0. The molecule has 0 bridgehead atoms. The standard InChI is InChI=1S/C7H5NOS/c9-10-4-6-2-1-3-8-7(6)5-10/h1-5H. The zero-order valence-corrected chi connectivity index (χ0v) is 5.97. The average Bonchev–Trinajstić information content (AvgIpc) is 2.27. The van der Waals surface area contributed by atoms with Crippen LogP contribution in [0.25, 0.3) is 10.9 Å². The molecule has 0 saturated carbocycles. The van der Waals surface area contributed by atoms with Crippen molar-refractivity contribution >= 4 is 21.7 Å². The molecule has 50 valence electrons. The number of hydrogen-bond acceptors (Lipinski definition) is 2. The summed E-state index contributed by atoms with van der Waals surface area (Å²) in [5, 5.41) is 4.32. The lowest BCUT2D eigenvalue weighted by atomic mass is 10.3. The molecule has 0 aliphatic heterocycles. The van der Waals surface area contributed by atoms with Gasteiger partial charge in [-0.3, -0.25) is 4.98 Å². The first kappa shape index (κ1) is 5.82. The van der Waals surface area contributed by atoms with Crippen molar-refractivity contribution in [1.29, 1.82) is 0 Å². The largest absolute Gasteiger partial charge is 0.591 e. The number of fused-ring (bicyclic) bond motifs is 1. The summed E-state index contributed by atoms with van der Waals surface area (Å²) in [6.07, 6.45) is 1.70. The van der Waals surface area contributed by atoms with Crippen LogP contribution in [0, 0.1) is 0 Å². The fourth-order valence-corrected chi connectivity index (χ4v) is 1.83. The maximum Gasteiger partial charge on any atom is 0.162 e. The minimum Gasteiger partial charge on any atom is -0.591 e. The first-order valence-electron chi connectivity index (χ1n) is 2.90. The summed E-state index contributed by atoms with van der Waals surface area (Å²) in [5.74, 6) is 0. The van der Waals surface area contributed by atoms with Crippen LogP contribution in [-0.4, -0.2) is 9.54 Å². The Morgan fingerprint density at radius 1 is 1.40 bits per heavy atom. The Morgan fingerprint density at radius 3 is 3.10 bits per heavy atom. The molecule has 1 atom stereocenters. The predicted molar refractivity (Wildman–Crippen MR) is 40.4 cm³/mol. The Bertz CT molecular complexity index is 322. The molecular weight excluding hydrogens is 146 g/mol. The first-order chi connectivity index (χ1) is 4.86. The van der Waals surface area contributed by atoms with E-state index in [2.05, 4.69) is 4.98 Å². The second-order valence-corrected chi connectivity index (χ2v) is 3.17. The number of thiophene rings is 1. The first-order valence-corrected chi connectivity index (χ1v) is 4.18. The molecule has 2 heterocycles. The molecule has 0 N–H and O–H groups in total. The van der Waals surface area contributed by atoms with Gasteiger partial charge in [-0.1, -0.05) is 10.8 Å². The van der Waals surface area contributed by atoms with Crippen molar-refractivity contribution in [3.8, 4) is 0 Å². The average molecular weight is 151 g/mol. The van der Waals surface area contributed by atoms with Crippen LogP contribution in [0.15, 0.2) is 29.1 Å². The summed E-state index contributed by atoms with van der Waals surface area (Å²) in [4.78, 5) is 4.03. The molecule has 0 amide bonds. The van der Waals surface area contributed by atoms with Crippen LogP contribution in [0.2, 0.25) is 0 Å². The van der Waals surface area contributed by atoms with Gasteiger partial charge in [-0.05, 0) is 12.1 Å². The molecule has 0 radical (unpaired) electrons. The van der Waals surface area contributed by atoms with Gasteiger partial charge in [0.2, 0.25) is 0 Å². The number of rotatable bonds is 0. The maximum absolute atomic E-state index is 10.9. The lowest BCUT2D eigenvalue weighted by molar-refractivity contribution is 0.598. The zero-order chi connectivity index (χ0) is 6.97. The molecule has 0 fully saturated rings. The van der Waals surface area contributed by atoms with Crippen LogP contribution >= 0.6 is 10.8 Å². The summed E-state index contributed by atoms with van der Waals surface area (Å²) in [6.45, 7) is 0. The highest BCUT2D eigenvalue weighted by molar-refractivity contribution is 7.23. The van der Waals surface area contributed by atoms with Crippen LogP contribution < -0.4 is 0 Å². The van der Waals surface area contributed by atoms with Gasteiger partial charge in [-0.15, -0.1) is 0 Å². The maximum atomic E-state index is 10.9. The van der Waals surface area contributed by atoms with Crippen molar-refractivity contribution in [2.75, 3.05) is 0 Å². The van der Waals surface area contributed by atoms with E-state index in [0.717, 1.165) is 10.9 Å². The second kappa shape index (κ2) is 2.04. The third kappa shape index (κ3) is 0.798.